The molecule has 5 unspecified atom stereocenters. The highest BCUT2D eigenvalue weighted by atomic mass is 19.4. The maximum atomic E-state index is 12.6. The second-order valence-corrected chi connectivity index (χ2v) is 9.44. The number of aromatic nitrogens is 1. The number of alkyl halides is 3. The molecule has 1 aromatic heterocycles. The summed E-state index contributed by atoms with van der Waals surface area (Å²) in [7, 11) is 0. The van der Waals surface area contributed by atoms with E-state index in [1.54, 1.807) is 24.3 Å². The minimum Gasteiger partial charge on any atom is -0.462 e. The molecule has 3 aliphatic rings. The van der Waals surface area contributed by atoms with Gasteiger partial charge in [0.1, 0.15) is 11.9 Å². The summed E-state index contributed by atoms with van der Waals surface area (Å²) >= 11 is 0. The molecule has 0 radical (unpaired) electrons. The van der Waals surface area contributed by atoms with Gasteiger partial charge in [0, 0.05) is 30.5 Å². The monoisotopic (exact) mass is 471 g/mol. The topological polar surface area (TPSA) is 56.3 Å². The fourth-order valence-electron chi connectivity index (χ4n) is 5.46. The molecule has 3 fully saturated rings. The summed E-state index contributed by atoms with van der Waals surface area (Å²) < 4.78 is 43.0. The van der Waals surface area contributed by atoms with Gasteiger partial charge in [-0.1, -0.05) is 24.8 Å². The zero-order valence-corrected chi connectivity index (χ0v) is 19.1. The highest BCUT2D eigenvalue weighted by molar-refractivity contribution is 5.80. The number of carbonyl (C=O) groups is 2. The molecule has 2 heterocycles. The molecule has 1 saturated heterocycles. The van der Waals surface area contributed by atoms with Gasteiger partial charge in [0.15, 0.2) is 0 Å². The van der Waals surface area contributed by atoms with Gasteiger partial charge in [-0.2, -0.15) is 13.2 Å². The fourth-order valence-corrected chi connectivity index (χ4v) is 5.46. The number of cyclic esters (lactones) is 1. The molecule has 0 spiro atoms. The van der Waals surface area contributed by atoms with Crippen molar-refractivity contribution in [3.8, 4) is 11.1 Å². The van der Waals surface area contributed by atoms with Crippen LogP contribution in [-0.4, -0.2) is 22.8 Å². The van der Waals surface area contributed by atoms with Crippen LogP contribution in [0.1, 0.15) is 50.3 Å². The number of hydrogen-bond acceptors (Lipinski definition) is 4. The maximum Gasteiger partial charge on any atom is 0.416 e. The molecular weight excluding hydrogens is 443 g/mol. The molecule has 1 aromatic carbocycles. The van der Waals surface area contributed by atoms with Crippen molar-refractivity contribution < 1.29 is 27.5 Å². The smallest absolute Gasteiger partial charge is 0.416 e. The SMILES string of the molecule is C=Cc1ccc(-c2cccc(C(F)(F)F)c2)cn1.CC1OC(=O)C2CC3CC(=O)CCC3CC12. The minimum absolute atomic E-state index is 0.0195. The third kappa shape index (κ3) is 5.24. The van der Waals surface area contributed by atoms with E-state index in [2.05, 4.69) is 11.6 Å². The first kappa shape index (κ1) is 24.2. The van der Waals surface area contributed by atoms with Crippen molar-refractivity contribution in [3.63, 3.8) is 0 Å². The highest BCUT2D eigenvalue weighted by Crippen LogP contribution is 2.49. The summed E-state index contributed by atoms with van der Waals surface area (Å²) in [5.74, 6) is 1.99. The Kier molecular flexibility index (Phi) is 6.91. The number of benzene rings is 1. The maximum absolute atomic E-state index is 12.6. The average molecular weight is 472 g/mol. The Morgan fingerprint density at radius 3 is 2.56 bits per heavy atom. The van der Waals surface area contributed by atoms with Gasteiger partial charge in [0.25, 0.3) is 0 Å². The Hall–Kier alpha value is -2.96. The van der Waals surface area contributed by atoms with Crippen molar-refractivity contribution in [1.29, 1.82) is 0 Å². The first-order valence-corrected chi connectivity index (χ1v) is 11.6. The fraction of sp³-hybridized carbons (Fsp3) is 0.444. The molecule has 34 heavy (non-hydrogen) atoms. The number of carbonyl (C=O) groups excluding carboxylic acids is 2. The number of pyridine rings is 1. The van der Waals surface area contributed by atoms with Crippen LogP contribution in [0.4, 0.5) is 13.2 Å². The number of halogens is 3. The molecule has 180 valence electrons. The van der Waals surface area contributed by atoms with Crippen molar-refractivity contribution >= 4 is 17.8 Å². The number of ketones is 1. The Morgan fingerprint density at radius 2 is 1.88 bits per heavy atom. The van der Waals surface area contributed by atoms with Gasteiger partial charge in [-0.15, -0.1) is 0 Å². The number of rotatable bonds is 2. The van der Waals surface area contributed by atoms with E-state index in [1.807, 2.05) is 6.92 Å². The zero-order valence-electron chi connectivity index (χ0n) is 19.1. The molecule has 4 nitrogen and oxygen atoms in total. The van der Waals surface area contributed by atoms with E-state index < -0.39 is 11.7 Å². The second-order valence-electron chi connectivity index (χ2n) is 9.44. The van der Waals surface area contributed by atoms with Crippen molar-refractivity contribution in [1.82, 2.24) is 4.98 Å². The summed E-state index contributed by atoms with van der Waals surface area (Å²) in [6, 6.07) is 8.61. The first-order chi connectivity index (χ1) is 16.2. The molecule has 0 N–H and O–H groups in total. The Labute approximate surface area is 197 Å². The number of Topliss-reactive ketones (excluding diaryl/α,β-unsaturated/α-hetero) is 1. The lowest BCUT2D eigenvalue weighted by Gasteiger charge is -2.39. The van der Waals surface area contributed by atoms with Crippen LogP contribution in [0.25, 0.3) is 17.2 Å². The second kappa shape index (κ2) is 9.72. The third-order valence-electron chi connectivity index (χ3n) is 7.33. The van der Waals surface area contributed by atoms with Crippen LogP contribution in [-0.2, 0) is 20.5 Å². The van der Waals surface area contributed by atoms with Gasteiger partial charge < -0.3 is 4.74 Å². The van der Waals surface area contributed by atoms with E-state index >= 15 is 0 Å². The van der Waals surface area contributed by atoms with Gasteiger partial charge >= 0.3 is 12.1 Å². The Morgan fingerprint density at radius 1 is 1.09 bits per heavy atom. The molecule has 1 aliphatic heterocycles. The molecule has 2 saturated carbocycles. The van der Waals surface area contributed by atoms with Gasteiger partial charge in [-0.05, 0) is 67.9 Å². The van der Waals surface area contributed by atoms with Gasteiger partial charge in [-0.25, -0.2) is 0 Å². The number of nitrogens with zero attached hydrogens (tertiary/aromatic N) is 1. The first-order valence-electron chi connectivity index (χ1n) is 11.6. The van der Waals surface area contributed by atoms with Crippen molar-refractivity contribution in [2.75, 3.05) is 0 Å². The van der Waals surface area contributed by atoms with Crippen LogP contribution >= 0.6 is 0 Å². The molecule has 5 atom stereocenters. The summed E-state index contributed by atoms with van der Waals surface area (Å²) in [5.41, 5.74) is 1.16. The van der Waals surface area contributed by atoms with Crippen LogP contribution < -0.4 is 0 Å². The normalized spacial score (nSPS) is 28.2. The number of hydrogen-bond donors (Lipinski definition) is 0. The molecule has 7 heteroatoms. The summed E-state index contributed by atoms with van der Waals surface area (Å²) in [4.78, 5) is 27.2. The van der Waals surface area contributed by atoms with Crippen molar-refractivity contribution in [3.05, 3.63) is 60.4 Å². The van der Waals surface area contributed by atoms with Gasteiger partial charge in [0.05, 0.1) is 17.2 Å². The van der Waals surface area contributed by atoms with Crippen LogP contribution in [0.2, 0.25) is 0 Å². The number of ether oxygens (including phenoxy) is 1. The lowest BCUT2D eigenvalue weighted by atomic mass is 9.63. The van der Waals surface area contributed by atoms with E-state index in [9.17, 15) is 22.8 Å². The lowest BCUT2D eigenvalue weighted by molar-refractivity contribution is -0.144. The summed E-state index contributed by atoms with van der Waals surface area (Å²) in [5, 5.41) is 0. The molecule has 2 aromatic rings. The predicted octanol–water partition coefficient (Wildman–Crippen LogP) is 6.35. The lowest BCUT2D eigenvalue weighted by Crippen LogP contribution is -2.37. The highest BCUT2D eigenvalue weighted by Gasteiger charge is 2.49. The molecular formula is C27H28F3NO3. The van der Waals surface area contributed by atoms with E-state index in [0.29, 0.717) is 46.8 Å². The van der Waals surface area contributed by atoms with E-state index in [4.69, 9.17) is 4.74 Å². The molecule has 0 bridgehead atoms. The third-order valence-corrected chi connectivity index (χ3v) is 7.33. The van der Waals surface area contributed by atoms with Crippen LogP contribution in [0, 0.1) is 23.7 Å². The van der Waals surface area contributed by atoms with E-state index in [0.717, 1.165) is 37.8 Å². The van der Waals surface area contributed by atoms with Gasteiger partial charge in [0.2, 0.25) is 0 Å². The molecule has 0 amide bonds. The summed E-state index contributed by atoms with van der Waals surface area (Å²) in [6.07, 6.45) is 3.36. The standard InChI is InChI=1S/C14H10F3N.C13H18O3/c1-2-13-7-6-11(9-18-13)10-4-3-5-12(8-10)14(15,16)17;1-7-11-5-8-2-3-10(14)4-9(8)6-12(11)13(15)16-7/h2-9H,1H2;7-9,11-12H,2-6H2,1H3. The van der Waals surface area contributed by atoms with Crippen LogP contribution in [0.15, 0.2) is 49.2 Å². The zero-order chi connectivity index (χ0) is 24.5. The average Bonchev–Trinajstić information content (AvgIpc) is 3.10. The minimum atomic E-state index is -4.33. The van der Waals surface area contributed by atoms with E-state index in [1.165, 1.54) is 12.3 Å². The van der Waals surface area contributed by atoms with Crippen molar-refractivity contribution in [2.24, 2.45) is 23.7 Å². The van der Waals surface area contributed by atoms with E-state index in [-0.39, 0.29) is 18.0 Å². The van der Waals surface area contributed by atoms with Crippen LogP contribution in [0.5, 0.6) is 0 Å². The molecule has 2 aliphatic carbocycles. The molecule has 5 rings (SSSR count). The Balaban J connectivity index is 0.000000162. The van der Waals surface area contributed by atoms with Gasteiger partial charge in [-0.3, -0.25) is 14.6 Å². The number of esters is 1. The predicted molar refractivity (Wildman–Crippen MR) is 122 cm³/mol. The Bertz CT molecular complexity index is 1060. The summed E-state index contributed by atoms with van der Waals surface area (Å²) in [6.45, 7) is 5.58. The van der Waals surface area contributed by atoms with Crippen LogP contribution in [0.3, 0.4) is 0 Å². The van der Waals surface area contributed by atoms with Crippen molar-refractivity contribution in [2.45, 2.75) is 51.3 Å². The largest absolute Gasteiger partial charge is 0.462 e. The quantitative estimate of drug-likeness (QED) is 0.479. The number of fused-ring (bicyclic) bond motifs is 2.